The van der Waals surface area contributed by atoms with Gasteiger partial charge in [-0.05, 0) is 42.0 Å². The molecule has 26 heavy (non-hydrogen) atoms. The van der Waals surface area contributed by atoms with Gasteiger partial charge in [0.25, 0.3) is 0 Å². The molecular formula is C18H19ClN2O4S. The van der Waals surface area contributed by atoms with E-state index in [0.717, 1.165) is 5.56 Å². The summed E-state index contributed by atoms with van der Waals surface area (Å²) >= 11 is 5.82. The summed E-state index contributed by atoms with van der Waals surface area (Å²) in [6, 6.07) is 13.2. The van der Waals surface area contributed by atoms with Gasteiger partial charge >= 0.3 is 6.03 Å². The van der Waals surface area contributed by atoms with E-state index in [-0.39, 0.29) is 24.0 Å². The third-order valence-electron chi connectivity index (χ3n) is 4.32. The van der Waals surface area contributed by atoms with E-state index in [4.69, 9.17) is 16.3 Å². The number of rotatable bonds is 5. The maximum Gasteiger partial charge on any atom is 0.317 e. The second-order valence-corrected chi connectivity index (χ2v) is 8.70. The van der Waals surface area contributed by atoms with E-state index in [1.807, 2.05) is 12.1 Å². The molecule has 0 radical (unpaired) electrons. The molecule has 1 heterocycles. The molecule has 1 N–H and O–H groups in total. The molecule has 0 bridgehead atoms. The molecule has 6 nitrogen and oxygen atoms in total. The molecule has 0 atom stereocenters. The minimum Gasteiger partial charge on any atom is -0.497 e. The number of amides is 2. The average Bonchev–Trinajstić information content (AvgIpc) is 2.60. The zero-order valence-electron chi connectivity index (χ0n) is 14.2. The zero-order valence-corrected chi connectivity index (χ0v) is 15.8. The number of nitrogens with one attached hydrogen (secondary N) is 1. The lowest BCUT2D eigenvalue weighted by molar-refractivity contribution is 0.169. The van der Waals surface area contributed by atoms with Gasteiger partial charge in [-0.15, -0.1) is 0 Å². The molecule has 138 valence electrons. The number of carbonyl (C=O) groups is 1. The molecule has 0 spiro atoms. The van der Waals surface area contributed by atoms with Gasteiger partial charge < -0.3 is 15.0 Å². The fourth-order valence-corrected chi connectivity index (χ4v) is 4.43. The Bertz CT molecular complexity index is 876. The quantitative estimate of drug-likeness (QED) is 0.846. The number of methoxy groups -OCH3 is 1. The second kappa shape index (κ2) is 7.55. The lowest BCUT2D eigenvalue weighted by atomic mass is 10.2. The van der Waals surface area contributed by atoms with Gasteiger partial charge in [0.05, 0.1) is 12.0 Å². The highest BCUT2D eigenvalue weighted by Crippen LogP contribution is 2.25. The van der Waals surface area contributed by atoms with Gasteiger partial charge in [-0.1, -0.05) is 23.7 Å². The fourth-order valence-electron chi connectivity index (χ4n) is 2.65. The first-order valence-electron chi connectivity index (χ1n) is 8.05. The van der Waals surface area contributed by atoms with Gasteiger partial charge in [0.1, 0.15) is 11.0 Å². The highest BCUT2D eigenvalue weighted by Gasteiger charge is 2.40. The van der Waals surface area contributed by atoms with Gasteiger partial charge in [0, 0.05) is 24.7 Å². The zero-order chi connectivity index (χ0) is 18.7. The predicted molar refractivity (Wildman–Crippen MR) is 99.2 cm³/mol. The summed E-state index contributed by atoms with van der Waals surface area (Å²) in [5.41, 5.74) is 0.922. The first kappa shape index (κ1) is 18.5. The largest absolute Gasteiger partial charge is 0.497 e. The van der Waals surface area contributed by atoms with Crippen LogP contribution in [0.25, 0.3) is 0 Å². The van der Waals surface area contributed by atoms with E-state index in [9.17, 15) is 13.2 Å². The van der Waals surface area contributed by atoms with Crippen molar-refractivity contribution >= 4 is 27.5 Å². The van der Waals surface area contributed by atoms with Crippen molar-refractivity contribution in [3.63, 3.8) is 0 Å². The van der Waals surface area contributed by atoms with Gasteiger partial charge in [0.2, 0.25) is 0 Å². The minimum atomic E-state index is -3.46. The van der Waals surface area contributed by atoms with Gasteiger partial charge in [-0.2, -0.15) is 0 Å². The van der Waals surface area contributed by atoms with Gasteiger partial charge in [0.15, 0.2) is 9.84 Å². The number of carbonyl (C=O) groups excluding carboxylic acids is 1. The maximum absolute atomic E-state index is 12.6. The maximum atomic E-state index is 12.6. The smallest absolute Gasteiger partial charge is 0.317 e. The van der Waals surface area contributed by atoms with Crippen molar-refractivity contribution in [2.24, 2.45) is 0 Å². The van der Waals surface area contributed by atoms with Crippen LogP contribution in [0.1, 0.15) is 5.56 Å². The van der Waals surface area contributed by atoms with Crippen LogP contribution in [0.2, 0.25) is 5.02 Å². The molecular weight excluding hydrogens is 376 g/mol. The number of nitrogens with zero attached hydrogens (tertiary/aromatic N) is 1. The van der Waals surface area contributed by atoms with Crippen molar-refractivity contribution in [3.05, 3.63) is 59.1 Å². The van der Waals surface area contributed by atoms with E-state index in [0.29, 0.717) is 17.3 Å². The van der Waals surface area contributed by atoms with Crippen molar-refractivity contribution in [2.45, 2.75) is 16.7 Å². The normalized spacial score (nSPS) is 14.6. The summed E-state index contributed by atoms with van der Waals surface area (Å²) in [7, 11) is -1.93. The summed E-state index contributed by atoms with van der Waals surface area (Å²) in [5.74, 6) is 0.598. The number of urea groups is 1. The van der Waals surface area contributed by atoms with E-state index in [1.165, 1.54) is 24.1 Å². The second-order valence-electron chi connectivity index (χ2n) is 6.03. The van der Waals surface area contributed by atoms with Crippen molar-refractivity contribution in [1.82, 2.24) is 10.2 Å². The molecule has 0 aliphatic carbocycles. The highest BCUT2D eigenvalue weighted by atomic mass is 35.5. The molecule has 0 aromatic heterocycles. The summed E-state index contributed by atoms with van der Waals surface area (Å²) in [5, 5.41) is 2.83. The Balaban J connectivity index is 1.53. The summed E-state index contributed by atoms with van der Waals surface area (Å²) in [6.07, 6.45) is 0. The number of ether oxygens (including phenoxy) is 1. The molecule has 2 aromatic rings. The molecule has 0 saturated carbocycles. The summed E-state index contributed by atoms with van der Waals surface area (Å²) < 4.78 is 30.2. The van der Waals surface area contributed by atoms with E-state index in [1.54, 1.807) is 24.3 Å². The predicted octanol–water partition coefficient (Wildman–Crippen LogP) is 2.72. The van der Waals surface area contributed by atoms with Gasteiger partial charge in [-0.25, -0.2) is 13.2 Å². The Morgan fingerprint density at radius 2 is 1.77 bits per heavy atom. The van der Waals surface area contributed by atoms with Crippen LogP contribution >= 0.6 is 11.6 Å². The van der Waals surface area contributed by atoms with Crippen LogP contribution in [0.4, 0.5) is 4.79 Å². The van der Waals surface area contributed by atoms with Crippen LogP contribution < -0.4 is 10.1 Å². The molecule has 2 aromatic carbocycles. The molecule has 1 saturated heterocycles. The van der Waals surface area contributed by atoms with Crippen molar-refractivity contribution in [3.8, 4) is 5.75 Å². The third-order valence-corrected chi connectivity index (χ3v) is 6.68. The van der Waals surface area contributed by atoms with Gasteiger partial charge in [-0.3, -0.25) is 0 Å². The molecule has 1 aliphatic heterocycles. The Morgan fingerprint density at radius 1 is 1.15 bits per heavy atom. The minimum absolute atomic E-state index is 0.181. The Morgan fingerprint density at radius 3 is 2.35 bits per heavy atom. The highest BCUT2D eigenvalue weighted by molar-refractivity contribution is 7.92. The lowest BCUT2D eigenvalue weighted by Gasteiger charge is -2.38. The average molecular weight is 395 g/mol. The van der Waals surface area contributed by atoms with Crippen LogP contribution in [-0.4, -0.2) is 44.8 Å². The van der Waals surface area contributed by atoms with E-state index >= 15 is 0 Å². The molecule has 8 heteroatoms. The first-order valence-corrected chi connectivity index (χ1v) is 9.98. The Labute approximate surface area is 157 Å². The summed E-state index contributed by atoms with van der Waals surface area (Å²) in [4.78, 5) is 13.9. The van der Waals surface area contributed by atoms with E-state index in [2.05, 4.69) is 5.32 Å². The number of halogens is 1. The molecule has 1 aliphatic rings. The Kier molecular flexibility index (Phi) is 5.38. The standard InChI is InChI=1S/C18H19ClN2O4S/c1-25-15-6-8-16(9-7-15)26(23,24)17-11-21(12-17)18(22)20-10-13-2-4-14(19)5-3-13/h2-9,17H,10-12H2,1H3,(H,20,22). The first-order chi connectivity index (χ1) is 12.4. The van der Waals surface area contributed by atoms with Crippen LogP contribution in [0.5, 0.6) is 5.75 Å². The topological polar surface area (TPSA) is 75.7 Å². The number of likely N-dealkylation sites (tertiary alicyclic amines) is 1. The SMILES string of the molecule is COc1ccc(S(=O)(=O)C2CN(C(=O)NCc3ccc(Cl)cc3)C2)cc1. The molecule has 0 unspecified atom stereocenters. The van der Waals surface area contributed by atoms with Crippen LogP contribution in [0, 0.1) is 0 Å². The van der Waals surface area contributed by atoms with E-state index < -0.39 is 15.1 Å². The van der Waals surface area contributed by atoms with Crippen molar-refractivity contribution in [2.75, 3.05) is 20.2 Å². The lowest BCUT2D eigenvalue weighted by Crippen LogP contribution is -2.59. The Hall–Kier alpha value is -2.25. The number of hydrogen-bond acceptors (Lipinski definition) is 4. The van der Waals surface area contributed by atoms with Crippen molar-refractivity contribution in [1.29, 1.82) is 0 Å². The van der Waals surface area contributed by atoms with Crippen LogP contribution in [-0.2, 0) is 16.4 Å². The number of hydrogen-bond donors (Lipinski definition) is 1. The number of benzene rings is 2. The molecule has 1 fully saturated rings. The van der Waals surface area contributed by atoms with Crippen molar-refractivity contribution < 1.29 is 17.9 Å². The third kappa shape index (κ3) is 3.94. The number of sulfone groups is 1. The molecule has 2 amide bonds. The van der Waals surface area contributed by atoms with Crippen LogP contribution in [0.15, 0.2) is 53.4 Å². The van der Waals surface area contributed by atoms with Crippen LogP contribution in [0.3, 0.4) is 0 Å². The summed E-state index contributed by atoms with van der Waals surface area (Å²) in [6.45, 7) is 0.726. The molecule has 3 rings (SSSR count). The monoisotopic (exact) mass is 394 g/mol. The fraction of sp³-hybridized carbons (Fsp3) is 0.278.